The Kier molecular flexibility index (Phi) is 4.69. The molecule has 0 bridgehead atoms. The molecule has 0 aliphatic heterocycles. The molecule has 0 fully saturated rings. The van der Waals surface area contributed by atoms with Gasteiger partial charge in [-0.1, -0.05) is 18.2 Å². The highest BCUT2D eigenvalue weighted by atomic mass is 19.1. The van der Waals surface area contributed by atoms with Gasteiger partial charge >= 0.3 is 0 Å². The zero-order valence-corrected chi connectivity index (χ0v) is 11.5. The standard InChI is InChI=1S/C16H17F2NO/c1-3-20-13-7-4-11(5-8-13)16(19-2)14-9-6-12(17)10-15(14)18/h4-10,16,19H,3H2,1-2H3. The monoisotopic (exact) mass is 277 g/mol. The highest BCUT2D eigenvalue weighted by Gasteiger charge is 2.16. The van der Waals surface area contributed by atoms with Crippen molar-refractivity contribution in [2.75, 3.05) is 13.7 Å². The molecule has 2 aromatic rings. The van der Waals surface area contributed by atoms with E-state index in [0.717, 1.165) is 17.4 Å². The Hall–Kier alpha value is -1.94. The van der Waals surface area contributed by atoms with Crippen LogP contribution >= 0.6 is 0 Å². The summed E-state index contributed by atoms with van der Waals surface area (Å²) in [6.07, 6.45) is 0. The van der Waals surface area contributed by atoms with Gasteiger partial charge in [0.15, 0.2) is 0 Å². The number of nitrogens with one attached hydrogen (secondary N) is 1. The molecule has 0 saturated carbocycles. The van der Waals surface area contributed by atoms with Crippen LogP contribution in [-0.4, -0.2) is 13.7 Å². The molecule has 1 atom stereocenters. The van der Waals surface area contributed by atoms with Gasteiger partial charge in [-0.3, -0.25) is 0 Å². The Balaban J connectivity index is 2.31. The number of ether oxygens (including phenoxy) is 1. The molecule has 1 N–H and O–H groups in total. The summed E-state index contributed by atoms with van der Waals surface area (Å²) < 4.78 is 32.2. The van der Waals surface area contributed by atoms with Crippen LogP contribution in [-0.2, 0) is 0 Å². The van der Waals surface area contributed by atoms with E-state index in [2.05, 4.69) is 5.32 Å². The fraction of sp³-hybridized carbons (Fsp3) is 0.250. The predicted octanol–water partition coefficient (Wildman–Crippen LogP) is 3.67. The van der Waals surface area contributed by atoms with Crippen LogP contribution in [0.15, 0.2) is 42.5 Å². The van der Waals surface area contributed by atoms with E-state index in [-0.39, 0.29) is 6.04 Å². The van der Waals surface area contributed by atoms with E-state index in [1.54, 1.807) is 7.05 Å². The first-order chi connectivity index (χ1) is 9.65. The van der Waals surface area contributed by atoms with Crippen molar-refractivity contribution < 1.29 is 13.5 Å². The average molecular weight is 277 g/mol. The first kappa shape index (κ1) is 14.5. The van der Waals surface area contributed by atoms with Crippen LogP contribution in [0.25, 0.3) is 0 Å². The van der Waals surface area contributed by atoms with E-state index in [9.17, 15) is 8.78 Å². The molecule has 0 spiro atoms. The maximum absolute atomic E-state index is 13.9. The first-order valence-electron chi connectivity index (χ1n) is 6.50. The second-order valence-electron chi connectivity index (χ2n) is 4.39. The van der Waals surface area contributed by atoms with Crippen molar-refractivity contribution in [3.05, 3.63) is 65.2 Å². The van der Waals surface area contributed by atoms with Gasteiger partial charge in [0.2, 0.25) is 0 Å². The molecule has 2 aromatic carbocycles. The highest BCUT2D eigenvalue weighted by Crippen LogP contribution is 2.26. The largest absolute Gasteiger partial charge is 0.494 e. The van der Waals surface area contributed by atoms with Crippen molar-refractivity contribution in [3.8, 4) is 5.75 Å². The Labute approximate surface area is 117 Å². The number of hydrogen-bond donors (Lipinski definition) is 1. The summed E-state index contributed by atoms with van der Waals surface area (Å²) in [6.45, 7) is 2.51. The van der Waals surface area contributed by atoms with E-state index in [0.29, 0.717) is 12.2 Å². The van der Waals surface area contributed by atoms with Crippen LogP contribution < -0.4 is 10.1 Å². The fourth-order valence-corrected chi connectivity index (χ4v) is 2.16. The average Bonchev–Trinajstić information content (AvgIpc) is 2.44. The fourth-order valence-electron chi connectivity index (χ4n) is 2.16. The van der Waals surface area contributed by atoms with Crippen molar-refractivity contribution in [2.45, 2.75) is 13.0 Å². The summed E-state index contributed by atoms with van der Waals surface area (Å²) in [4.78, 5) is 0. The molecule has 2 rings (SSSR count). The van der Waals surface area contributed by atoms with Crippen molar-refractivity contribution in [3.63, 3.8) is 0 Å². The smallest absolute Gasteiger partial charge is 0.131 e. The zero-order valence-electron chi connectivity index (χ0n) is 11.5. The van der Waals surface area contributed by atoms with E-state index < -0.39 is 11.6 Å². The zero-order chi connectivity index (χ0) is 14.5. The second-order valence-corrected chi connectivity index (χ2v) is 4.39. The van der Waals surface area contributed by atoms with Crippen LogP contribution in [0.2, 0.25) is 0 Å². The van der Waals surface area contributed by atoms with Crippen LogP contribution in [0.3, 0.4) is 0 Å². The molecule has 106 valence electrons. The Morgan fingerprint density at radius 1 is 1.10 bits per heavy atom. The predicted molar refractivity (Wildman–Crippen MR) is 74.9 cm³/mol. The Morgan fingerprint density at radius 3 is 2.35 bits per heavy atom. The minimum Gasteiger partial charge on any atom is -0.494 e. The molecule has 0 amide bonds. The molecule has 1 unspecified atom stereocenters. The summed E-state index contributed by atoms with van der Waals surface area (Å²) >= 11 is 0. The summed E-state index contributed by atoms with van der Waals surface area (Å²) in [7, 11) is 1.74. The first-order valence-corrected chi connectivity index (χ1v) is 6.50. The SMILES string of the molecule is CCOc1ccc(C(NC)c2ccc(F)cc2F)cc1. The molecule has 0 saturated heterocycles. The third-order valence-electron chi connectivity index (χ3n) is 3.09. The van der Waals surface area contributed by atoms with Gasteiger partial charge in [0.25, 0.3) is 0 Å². The summed E-state index contributed by atoms with van der Waals surface area (Å²) in [5.74, 6) is -0.364. The molecule has 0 aromatic heterocycles. The van der Waals surface area contributed by atoms with Crippen LogP contribution in [0, 0.1) is 11.6 Å². The lowest BCUT2D eigenvalue weighted by molar-refractivity contribution is 0.340. The molecular formula is C16H17F2NO. The molecular weight excluding hydrogens is 260 g/mol. The minimum atomic E-state index is -0.576. The molecule has 0 aliphatic rings. The third kappa shape index (κ3) is 3.14. The third-order valence-corrected chi connectivity index (χ3v) is 3.09. The van der Waals surface area contributed by atoms with Gasteiger partial charge in [0, 0.05) is 11.6 Å². The summed E-state index contributed by atoms with van der Waals surface area (Å²) in [5, 5.41) is 3.04. The van der Waals surface area contributed by atoms with Gasteiger partial charge in [0.1, 0.15) is 17.4 Å². The quantitative estimate of drug-likeness (QED) is 0.900. The van der Waals surface area contributed by atoms with E-state index in [1.165, 1.54) is 12.1 Å². The van der Waals surface area contributed by atoms with Crippen LogP contribution in [0.1, 0.15) is 24.1 Å². The van der Waals surface area contributed by atoms with Gasteiger partial charge in [-0.05, 0) is 37.7 Å². The summed E-state index contributed by atoms with van der Waals surface area (Å²) in [6, 6.07) is 10.7. The summed E-state index contributed by atoms with van der Waals surface area (Å²) in [5.41, 5.74) is 1.31. The molecule has 4 heteroatoms. The van der Waals surface area contributed by atoms with E-state index in [1.807, 2.05) is 31.2 Å². The lowest BCUT2D eigenvalue weighted by atomic mass is 9.98. The van der Waals surface area contributed by atoms with Gasteiger partial charge in [0.05, 0.1) is 12.6 Å². The van der Waals surface area contributed by atoms with Crippen molar-refractivity contribution in [1.29, 1.82) is 0 Å². The van der Waals surface area contributed by atoms with Crippen LogP contribution in [0.4, 0.5) is 8.78 Å². The Bertz CT molecular complexity index is 569. The second kappa shape index (κ2) is 6.48. The van der Waals surface area contributed by atoms with Crippen LogP contribution in [0.5, 0.6) is 5.75 Å². The lowest BCUT2D eigenvalue weighted by Gasteiger charge is -2.18. The van der Waals surface area contributed by atoms with E-state index in [4.69, 9.17) is 4.74 Å². The van der Waals surface area contributed by atoms with Gasteiger partial charge < -0.3 is 10.1 Å². The van der Waals surface area contributed by atoms with Crippen molar-refractivity contribution >= 4 is 0 Å². The topological polar surface area (TPSA) is 21.3 Å². The molecule has 20 heavy (non-hydrogen) atoms. The minimum absolute atomic E-state index is 0.328. The Morgan fingerprint density at radius 2 is 1.80 bits per heavy atom. The number of rotatable bonds is 5. The van der Waals surface area contributed by atoms with Crippen molar-refractivity contribution in [2.24, 2.45) is 0 Å². The van der Waals surface area contributed by atoms with E-state index >= 15 is 0 Å². The number of benzene rings is 2. The molecule has 0 aliphatic carbocycles. The number of hydrogen-bond acceptors (Lipinski definition) is 2. The van der Waals surface area contributed by atoms with Crippen molar-refractivity contribution in [1.82, 2.24) is 5.32 Å². The van der Waals surface area contributed by atoms with Gasteiger partial charge in [-0.25, -0.2) is 8.78 Å². The lowest BCUT2D eigenvalue weighted by Crippen LogP contribution is -2.19. The van der Waals surface area contributed by atoms with Gasteiger partial charge in [-0.15, -0.1) is 0 Å². The highest BCUT2D eigenvalue weighted by molar-refractivity contribution is 5.36. The molecule has 0 radical (unpaired) electrons. The van der Waals surface area contributed by atoms with Gasteiger partial charge in [-0.2, -0.15) is 0 Å². The molecule has 0 heterocycles. The normalized spacial score (nSPS) is 12.2. The maximum atomic E-state index is 13.9. The molecule has 2 nitrogen and oxygen atoms in total. The number of halogens is 2. The maximum Gasteiger partial charge on any atom is 0.131 e.